The Hall–Kier alpha value is -1.40. The van der Waals surface area contributed by atoms with Crippen molar-refractivity contribution in [2.75, 3.05) is 32.1 Å². The van der Waals surface area contributed by atoms with Crippen LogP contribution in [0.2, 0.25) is 0 Å². The Balaban J connectivity index is 1.94. The fraction of sp³-hybridized carbons (Fsp3) is 0.588. The first kappa shape index (κ1) is 17.9. The summed E-state index contributed by atoms with van der Waals surface area (Å²) in [4.78, 5) is 6.56. The average molecular weight is 337 g/mol. The molecule has 0 saturated carbocycles. The number of piperidine rings is 1. The minimum Gasteiger partial charge on any atom is -0.303 e. The lowest BCUT2D eigenvalue weighted by molar-refractivity contribution is 0.164. The van der Waals surface area contributed by atoms with Crippen LogP contribution in [0.4, 0.5) is 5.82 Å². The second-order valence-electron chi connectivity index (χ2n) is 6.54. The zero-order chi connectivity index (χ0) is 16.9. The van der Waals surface area contributed by atoms with Crippen molar-refractivity contribution in [3.8, 4) is 0 Å². The van der Waals surface area contributed by atoms with Gasteiger partial charge in [0.1, 0.15) is 0 Å². The first-order chi connectivity index (χ1) is 10.9. The lowest BCUT2D eigenvalue weighted by Crippen LogP contribution is -2.38. The molecule has 1 saturated heterocycles. The van der Waals surface area contributed by atoms with Crippen LogP contribution in [0.25, 0.3) is 6.08 Å². The third-order valence-corrected chi connectivity index (χ3v) is 5.25. The molecule has 0 spiro atoms. The molecule has 23 heavy (non-hydrogen) atoms. The number of rotatable bonds is 7. The molecule has 0 N–H and O–H groups in total. The summed E-state index contributed by atoms with van der Waals surface area (Å²) >= 11 is 0. The van der Waals surface area contributed by atoms with Gasteiger partial charge in [0.25, 0.3) is 0 Å². The Morgan fingerprint density at radius 3 is 2.96 bits per heavy atom. The number of hydrogen-bond donors (Lipinski definition) is 0. The molecule has 0 aliphatic carbocycles. The average Bonchev–Trinajstić information content (AvgIpc) is 2.88. The molecule has 2 rings (SSSR count). The van der Waals surface area contributed by atoms with E-state index in [1.165, 1.54) is 12.8 Å². The molecule has 0 amide bonds. The van der Waals surface area contributed by atoms with Crippen molar-refractivity contribution in [2.45, 2.75) is 25.8 Å². The zero-order valence-corrected chi connectivity index (χ0v) is 15.1. The summed E-state index contributed by atoms with van der Waals surface area (Å²) in [6.45, 7) is 11.5. The largest absolute Gasteiger partial charge is 0.303 e. The van der Waals surface area contributed by atoms with E-state index in [0.717, 1.165) is 44.0 Å². The van der Waals surface area contributed by atoms with Gasteiger partial charge in [-0.25, -0.2) is 9.67 Å². The highest BCUT2D eigenvalue weighted by Gasteiger charge is 2.21. The van der Waals surface area contributed by atoms with Gasteiger partial charge in [-0.2, -0.15) is 5.10 Å². The Labute approximate surface area is 140 Å². The van der Waals surface area contributed by atoms with Crippen molar-refractivity contribution in [3.05, 3.63) is 18.3 Å². The second-order valence-corrected chi connectivity index (χ2v) is 9.49. The van der Waals surface area contributed by atoms with Gasteiger partial charge in [0.05, 0.1) is 6.20 Å². The molecule has 1 unspecified atom stereocenters. The van der Waals surface area contributed by atoms with E-state index in [2.05, 4.69) is 28.3 Å². The van der Waals surface area contributed by atoms with Gasteiger partial charge in [0.15, 0.2) is 5.82 Å². The number of aliphatic imine (C=N–C) groups is 1. The van der Waals surface area contributed by atoms with E-state index >= 15 is 0 Å². The van der Waals surface area contributed by atoms with Gasteiger partial charge in [-0.3, -0.25) is 4.21 Å². The van der Waals surface area contributed by atoms with Crippen LogP contribution >= 0.6 is 0 Å². The van der Waals surface area contributed by atoms with E-state index in [1.807, 2.05) is 10.0 Å². The van der Waals surface area contributed by atoms with Crippen LogP contribution in [0.15, 0.2) is 17.8 Å². The van der Waals surface area contributed by atoms with Gasteiger partial charge in [-0.1, -0.05) is 12.7 Å². The third kappa shape index (κ3) is 5.32. The fourth-order valence-corrected chi connectivity index (χ4v) is 3.78. The van der Waals surface area contributed by atoms with Crippen LogP contribution in [0.3, 0.4) is 0 Å². The molecular weight excluding hydrogens is 308 g/mol. The number of hydrogen-bond acceptors (Lipinski definition) is 4. The van der Waals surface area contributed by atoms with Crippen molar-refractivity contribution in [2.24, 2.45) is 10.9 Å². The van der Waals surface area contributed by atoms with Crippen molar-refractivity contribution < 1.29 is 4.21 Å². The van der Waals surface area contributed by atoms with Gasteiger partial charge in [0, 0.05) is 37.7 Å². The summed E-state index contributed by atoms with van der Waals surface area (Å²) < 4.78 is 13.7. The van der Waals surface area contributed by atoms with E-state index in [9.17, 15) is 4.21 Å². The van der Waals surface area contributed by atoms with Crippen LogP contribution in [0.5, 0.6) is 0 Å². The maximum atomic E-state index is 11.7. The molecule has 0 aromatic carbocycles. The minimum atomic E-state index is -1.74. The summed E-state index contributed by atoms with van der Waals surface area (Å²) in [6, 6.07) is 0. The summed E-state index contributed by atoms with van der Waals surface area (Å²) in [5.41, 5.74) is 0.933. The van der Waals surface area contributed by atoms with E-state index in [4.69, 9.17) is 0 Å². The Morgan fingerprint density at radius 2 is 2.30 bits per heavy atom. The lowest BCUT2D eigenvalue weighted by Gasteiger charge is -2.32. The predicted octanol–water partition coefficient (Wildman–Crippen LogP) is 2.31. The molecule has 1 aromatic rings. The molecule has 2 heterocycles. The molecule has 1 fully saturated rings. The maximum absolute atomic E-state index is 11.7. The Bertz CT molecular complexity index is 662. The normalized spacial score (nSPS) is 19.5. The molecule has 1 atom stereocenters. The standard InChI is InChI=1S/C17H28N4OS/c1-5-16-12-19-21(17(16)18-2)14-15-8-6-9-20(13-15)10-7-11-23(3,4)22/h5,11-12,15H,1-2,6-10,13-14H2,3-4H3. The van der Waals surface area contributed by atoms with E-state index in [1.54, 1.807) is 24.8 Å². The van der Waals surface area contributed by atoms with Crippen molar-refractivity contribution in [1.29, 1.82) is 0 Å². The molecule has 1 aromatic heterocycles. The molecule has 1 aliphatic rings. The van der Waals surface area contributed by atoms with Crippen LogP contribution in [-0.4, -0.2) is 63.1 Å². The molecule has 128 valence electrons. The van der Waals surface area contributed by atoms with Crippen LogP contribution in [0.1, 0.15) is 24.8 Å². The first-order valence-corrected chi connectivity index (χ1v) is 10.5. The lowest BCUT2D eigenvalue weighted by atomic mass is 9.98. The number of likely N-dealkylation sites (tertiary alicyclic amines) is 1. The molecule has 0 radical (unpaired) electrons. The summed E-state index contributed by atoms with van der Waals surface area (Å²) in [5, 5.41) is 6.38. The number of aromatic nitrogens is 2. The topological polar surface area (TPSA) is 50.5 Å². The summed E-state index contributed by atoms with van der Waals surface area (Å²) in [5.74, 6) is 1.37. The van der Waals surface area contributed by atoms with Crippen LogP contribution in [-0.2, 0) is 16.1 Å². The van der Waals surface area contributed by atoms with Crippen molar-refractivity contribution in [3.63, 3.8) is 0 Å². The zero-order valence-electron chi connectivity index (χ0n) is 14.3. The monoisotopic (exact) mass is 336 g/mol. The summed E-state index contributed by atoms with van der Waals surface area (Å²) in [7, 11) is -1.74. The summed E-state index contributed by atoms with van der Waals surface area (Å²) in [6.07, 6.45) is 10.5. The second kappa shape index (κ2) is 7.93. The van der Waals surface area contributed by atoms with Gasteiger partial charge in [-0.15, -0.1) is 0 Å². The first-order valence-electron chi connectivity index (χ1n) is 8.07. The van der Waals surface area contributed by atoms with Gasteiger partial charge < -0.3 is 4.90 Å². The van der Waals surface area contributed by atoms with Gasteiger partial charge in [-0.05, 0) is 53.3 Å². The highest BCUT2D eigenvalue weighted by Crippen LogP contribution is 2.24. The highest BCUT2D eigenvalue weighted by molar-refractivity contribution is 8.00. The minimum absolute atomic E-state index is 0.564. The van der Waals surface area contributed by atoms with E-state index < -0.39 is 9.52 Å². The fourth-order valence-electron chi connectivity index (χ4n) is 3.11. The number of nitrogens with zero attached hydrogens (tertiary/aromatic N) is 4. The SMILES string of the molecule is C=Cc1cnn(CC2CCCN(CCC=S(C)(C)=O)C2)c1N=C. The maximum Gasteiger partial charge on any atom is 0.157 e. The Kier molecular flexibility index (Phi) is 6.18. The van der Waals surface area contributed by atoms with E-state index in [-0.39, 0.29) is 0 Å². The van der Waals surface area contributed by atoms with Crippen LogP contribution in [0, 0.1) is 5.92 Å². The molecular formula is C17H28N4OS. The third-order valence-electron chi connectivity index (χ3n) is 4.21. The molecule has 1 aliphatic heterocycles. The van der Waals surface area contributed by atoms with Crippen molar-refractivity contribution >= 4 is 33.5 Å². The van der Waals surface area contributed by atoms with Gasteiger partial charge in [0.2, 0.25) is 0 Å². The van der Waals surface area contributed by atoms with Gasteiger partial charge >= 0.3 is 0 Å². The highest BCUT2D eigenvalue weighted by atomic mass is 32.2. The predicted molar refractivity (Wildman–Crippen MR) is 101 cm³/mol. The van der Waals surface area contributed by atoms with E-state index in [0.29, 0.717) is 5.92 Å². The quantitative estimate of drug-likeness (QED) is 0.567. The molecule has 5 nitrogen and oxygen atoms in total. The van der Waals surface area contributed by atoms with Crippen molar-refractivity contribution in [1.82, 2.24) is 14.7 Å². The Morgan fingerprint density at radius 1 is 1.52 bits per heavy atom. The molecule has 0 bridgehead atoms. The molecule has 6 heteroatoms. The van der Waals surface area contributed by atoms with Crippen LogP contribution < -0.4 is 0 Å². The smallest absolute Gasteiger partial charge is 0.157 e.